The molecule has 2 nitrogen and oxygen atoms in total. The van der Waals surface area contributed by atoms with Gasteiger partial charge in [0.05, 0.1) is 0 Å². The van der Waals surface area contributed by atoms with Gasteiger partial charge in [-0.2, -0.15) is 0 Å². The summed E-state index contributed by atoms with van der Waals surface area (Å²) in [6.45, 7) is 3.27. The van der Waals surface area contributed by atoms with E-state index in [1.54, 1.807) is 11.3 Å². The highest BCUT2D eigenvalue weighted by atomic mass is 32.1. The number of ether oxygens (including phenoxy) is 1. The molecule has 0 amide bonds. The van der Waals surface area contributed by atoms with Crippen LogP contribution in [0.3, 0.4) is 0 Å². The molecule has 0 saturated carbocycles. The molecule has 3 aromatic rings. The first kappa shape index (κ1) is 13.2. The van der Waals surface area contributed by atoms with E-state index in [2.05, 4.69) is 43.3 Å². The van der Waals surface area contributed by atoms with Crippen LogP contribution >= 0.6 is 11.3 Å². The Balaban J connectivity index is 1.77. The minimum absolute atomic E-state index is 0.586. The fourth-order valence-electron chi connectivity index (χ4n) is 2.19. The molecule has 20 heavy (non-hydrogen) atoms. The van der Waals surface area contributed by atoms with Crippen molar-refractivity contribution in [3.63, 3.8) is 0 Å². The number of hydrogen-bond acceptors (Lipinski definition) is 3. The number of rotatable bonds is 4. The van der Waals surface area contributed by atoms with Crippen molar-refractivity contribution in [2.75, 3.05) is 0 Å². The molecule has 2 aromatic carbocycles. The van der Waals surface area contributed by atoms with E-state index in [0.29, 0.717) is 13.2 Å². The van der Waals surface area contributed by atoms with Crippen LogP contribution in [0.15, 0.2) is 48.5 Å². The van der Waals surface area contributed by atoms with Gasteiger partial charge in [0.15, 0.2) is 0 Å². The summed E-state index contributed by atoms with van der Waals surface area (Å²) in [6, 6.07) is 16.7. The van der Waals surface area contributed by atoms with E-state index in [9.17, 15) is 0 Å². The molecule has 102 valence electrons. The maximum absolute atomic E-state index is 5.84. The van der Waals surface area contributed by atoms with E-state index in [1.165, 1.54) is 26.1 Å². The van der Waals surface area contributed by atoms with Gasteiger partial charge in [0.1, 0.15) is 12.4 Å². The monoisotopic (exact) mass is 283 g/mol. The molecular weight excluding hydrogens is 266 g/mol. The topological polar surface area (TPSA) is 35.2 Å². The third-order valence-electron chi connectivity index (χ3n) is 3.24. The molecule has 0 saturated heterocycles. The first-order valence-corrected chi connectivity index (χ1v) is 7.47. The summed E-state index contributed by atoms with van der Waals surface area (Å²) in [5, 5.41) is 1.26. The third kappa shape index (κ3) is 2.84. The molecule has 0 spiro atoms. The average molecular weight is 283 g/mol. The Bertz CT molecular complexity index is 733. The number of aryl methyl sites for hydroxylation is 1. The predicted molar refractivity (Wildman–Crippen MR) is 85.2 cm³/mol. The van der Waals surface area contributed by atoms with E-state index in [1.807, 2.05) is 12.1 Å². The van der Waals surface area contributed by atoms with Crippen molar-refractivity contribution in [1.29, 1.82) is 0 Å². The number of benzene rings is 2. The minimum atomic E-state index is 0.586. The van der Waals surface area contributed by atoms with Crippen LogP contribution in [0.4, 0.5) is 0 Å². The maximum atomic E-state index is 5.84. The van der Waals surface area contributed by atoms with Gasteiger partial charge < -0.3 is 10.5 Å². The second-order valence-corrected chi connectivity index (χ2v) is 6.06. The summed E-state index contributed by atoms with van der Waals surface area (Å²) in [6.07, 6.45) is 0. The maximum Gasteiger partial charge on any atom is 0.122 e. The molecule has 0 radical (unpaired) electrons. The number of fused-ring (bicyclic) bond motifs is 1. The summed E-state index contributed by atoms with van der Waals surface area (Å²) >= 11 is 1.77. The molecule has 0 unspecified atom stereocenters. The van der Waals surface area contributed by atoms with Gasteiger partial charge >= 0.3 is 0 Å². The van der Waals surface area contributed by atoms with Gasteiger partial charge in [0, 0.05) is 16.1 Å². The molecule has 3 heteroatoms. The zero-order valence-electron chi connectivity index (χ0n) is 11.4. The molecule has 1 heterocycles. The molecule has 2 N–H and O–H groups in total. The van der Waals surface area contributed by atoms with Crippen LogP contribution in [-0.4, -0.2) is 0 Å². The summed E-state index contributed by atoms with van der Waals surface area (Å²) in [5.74, 6) is 0.921. The molecule has 1 aromatic heterocycles. The standard InChI is InChI=1S/C17H17NOS/c1-12-3-2-4-15(7-12)19-11-16-9-14-6-5-13(10-18)8-17(14)20-16/h2-9H,10-11,18H2,1H3. The van der Waals surface area contributed by atoms with Crippen LogP contribution in [0.1, 0.15) is 16.0 Å². The molecule has 0 fully saturated rings. The van der Waals surface area contributed by atoms with Crippen LogP contribution < -0.4 is 10.5 Å². The van der Waals surface area contributed by atoms with E-state index >= 15 is 0 Å². The molecule has 0 atom stereocenters. The van der Waals surface area contributed by atoms with Gasteiger partial charge in [-0.15, -0.1) is 11.3 Å². The van der Waals surface area contributed by atoms with Gasteiger partial charge in [-0.25, -0.2) is 0 Å². The van der Waals surface area contributed by atoms with Crippen LogP contribution in [0.5, 0.6) is 5.75 Å². The van der Waals surface area contributed by atoms with Crippen LogP contribution in [0, 0.1) is 6.92 Å². The lowest BCUT2D eigenvalue weighted by Crippen LogP contribution is -1.94. The zero-order chi connectivity index (χ0) is 13.9. The second kappa shape index (κ2) is 5.65. The van der Waals surface area contributed by atoms with Gasteiger partial charge in [-0.3, -0.25) is 0 Å². The normalized spacial score (nSPS) is 10.9. The summed E-state index contributed by atoms with van der Waals surface area (Å²) in [7, 11) is 0. The smallest absolute Gasteiger partial charge is 0.122 e. The highest BCUT2D eigenvalue weighted by Gasteiger charge is 2.04. The van der Waals surface area contributed by atoms with Gasteiger partial charge in [0.2, 0.25) is 0 Å². The second-order valence-electron chi connectivity index (χ2n) is 4.89. The van der Waals surface area contributed by atoms with Crippen LogP contribution in [0.2, 0.25) is 0 Å². The van der Waals surface area contributed by atoms with E-state index in [4.69, 9.17) is 10.5 Å². The van der Waals surface area contributed by atoms with Crippen molar-refractivity contribution in [3.05, 3.63) is 64.5 Å². The number of hydrogen-bond donors (Lipinski definition) is 1. The van der Waals surface area contributed by atoms with Crippen molar-refractivity contribution < 1.29 is 4.74 Å². The van der Waals surface area contributed by atoms with E-state index in [0.717, 1.165) is 5.75 Å². The Morgan fingerprint density at radius 1 is 1.10 bits per heavy atom. The molecule has 0 aliphatic rings. The molecule has 3 rings (SSSR count). The quantitative estimate of drug-likeness (QED) is 0.777. The highest BCUT2D eigenvalue weighted by molar-refractivity contribution is 7.19. The molecular formula is C17H17NOS. The van der Waals surface area contributed by atoms with Crippen molar-refractivity contribution in [2.24, 2.45) is 5.73 Å². The Morgan fingerprint density at radius 2 is 2.00 bits per heavy atom. The summed E-state index contributed by atoms with van der Waals surface area (Å²) < 4.78 is 7.12. The van der Waals surface area contributed by atoms with E-state index < -0.39 is 0 Å². The van der Waals surface area contributed by atoms with Crippen molar-refractivity contribution in [2.45, 2.75) is 20.1 Å². The Kier molecular flexibility index (Phi) is 3.72. The molecule has 0 aliphatic heterocycles. The van der Waals surface area contributed by atoms with Crippen molar-refractivity contribution >= 4 is 21.4 Å². The fourth-order valence-corrected chi connectivity index (χ4v) is 3.23. The lowest BCUT2D eigenvalue weighted by Gasteiger charge is -2.04. The lowest BCUT2D eigenvalue weighted by atomic mass is 10.2. The van der Waals surface area contributed by atoms with Crippen molar-refractivity contribution in [1.82, 2.24) is 0 Å². The lowest BCUT2D eigenvalue weighted by molar-refractivity contribution is 0.309. The molecule has 0 bridgehead atoms. The minimum Gasteiger partial charge on any atom is -0.488 e. The van der Waals surface area contributed by atoms with E-state index in [-0.39, 0.29) is 0 Å². The highest BCUT2D eigenvalue weighted by Crippen LogP contribution is 2.27. The van der Waals surface area contributed by atoms with Crippen LogP contribution in [-0.2, 0) is 13.2 Å². The van der Waals surface area contributed by atoms with Gasteiger partial charge in [-0.1, -0.05) is 24.3 Å². The zero-order valence-corrected chi connectivity index (χ0v) is 12.2. The number of nitrogens with two attached hydrogens (primary N) is 1. The Labute approximate surface area is 122 Å². The average Bonchev–Trinajstić information content (AvgIpc) is 2.87. The van der Waals surface area contributed by atoms with Crippen LogP contribution in [0.25, 0.3) is 10.1 Å². The SMILES string of the molecule is Cc1cccc(OCc2cc3ccc(CN)cc3s2)c1. The first-order valence-electron chi connectivity index (χ1n) is 6.65. The Hall–Kier alpha value is -1.84. The fraction of sp³-hybridized carbons (Fsp3) is 0.176. The summed E-state index contributed by atoms with van der Waals surface area (Å²) in [4.78, 5) is 1.23. The third-order valence-corrected chi connectivity index (χ3v) is 4.31. The Morgan fingerprint density at radius 3 is 2.80 bits per heavy atom. The largest absolute Gasteiger partial charge is 0.488 e. The van der Waals surface area contributed by atoms with Crippen molar-refractivity contribution in [3.8, 4) is 5.75 Å². The number of thiophene rings is 1. The predicted octanol–water partition coefficient (Wildman–Crippen LogP) is 4.25. The van der Waals surface area contributed by atoms with Gasteiger partial charge in [-0.05, 0) is 47.7 Å². The first-order chi connectivity index (χ1) is 9.74. The molecule has 0 aliphatic carbocycles. The summed E-state index contributed by atoms with van der Waals surface area (Å²) in [5.41, 5.74) is 8.06. The van der Waals surface area contributed by atoms with Gasteiger partial charge in [0.25, 0.3) is 0 Å².